The van der Waals surface area contributed by atoms with E-state index in [2.05, 4.69) is 26.2 Å². The highest BCUT2D eigenvalue weighted by Crippen LogP contribution is 2.33. The molecule has 0 saturated carbocycles. The van der Waals surface area contributed by atoms with Crippen LogP contribution in [-0.4, -0.2) is 23.8 Å². The molecule has 0 aromatic heterocycles. The maximum Gasteiger partial charge on any atom is 0.257 e. The van der Waals surface area contributed by atoms with Gasteiger partial charge in [-0.15, -0.1) is 0 Å². The molecule has 0 spiro atoms. The lowest BCUT2D eigenvalue weighted by Gasteiger charge is -2.09. The van der Waals surface area contributed by atoms with Gasteiger partial charge < -0.3 is 15.2 Å². The van der Waals surface area contributed by atoms with Gasteiger partial charge in [-0.25, -0.2) is 0 Å². The summed E-state index contributed by atoms with van der Waals surface area (Å²) >= 11 is 9.47. The van der Waals surface area contributed by atoms with E-state index >= 15 is 0 Å². The molecule has 3 aromatic rings. The molecule has 0 fully saturated rings. The molecule has 1 amide bonds. The zero-order valence-corrected chi connectivity index (χ0v) is 17.9. The van der Waals surface area contributed by atoms with Gasteiger partial charge in [0, 0.05) is 21.9 Å². The summed E-state index contributed by atoms with van der Waals surface area (Å²) in [7, 11) is 0. The summed E-state index contributed by atoms with van der Waals surface area (Å²) < 4.78 is 6.19. The van der Waals surface area contributed by atoms with Gasteiger partial charge in [0.15, 0.2) is 11.5 Å². The van der Waals surface area contributed by atoms with Crippen molar-refractivity contribution in [2.24, 2.45) is 4.99 Å². The number of amides is 1. The number of aliphatic imine (C=N–C) groups is 1. The molecule has 3 aromatic carbocycles. The Morgan fingerprint density at radius 2 is 2.00 bits per heavy atom. The van der Waals surface area contributed by atoms with Crippen molar-refractivity contribution >= 4 is 51.0 Å². The number of phenols is 1. The molecule has 0 bridgehead atoms. The monoisotopic (exact) mass is 472 g/mol. The minimum Gasteiger partial charge on any atom is -0.504 e. The number of carbonyl (C=O) groups is 1. The Morgan fingerprint density at radius 3 is 2.76 bits per heavy atom. The quantitative estimate of drug-likeness (QED) is 0.418. The van der Waals surface area contributed by atoms with Crippen molar-refractivity contribution in [3.8, 4) is 11.5 Å². The first-order valence-corrected chi connectivity index (χ1v) is 10.0. The standard InChI is InChI=1S/C22H18BrClN2O3/c1-2-29-20-11-15(23)10-14(21(20)27)13-25-16-6-5-7-17(12-16)26-22(28)18-8-3-4-9-19(18)24/h3-13,27H,2H2,1H3,(H,26,28). The van der Waals surface area contributed by atoms with Crippen molar-refractivity contribution < 1.29 is 14.6 Å². The lowest BCUT2D eigenvalue weighted by atomic mass is 10.2. The minimum atomic E-state index is -0.303. The molecule has 29 heavy (non-hydrogen) atoms. The fraction of sp³-hybridized carbons (Fsp3) is 0.0909. The number of hydrogen-bond donors (Lipinski definition) is 2. The summed E-state index contributed by atoms with van der Waals surface area (Å²) in [6.45, 7) is 2.28. The van der Waals surface area contributed by atoms with Gasteiger partial charge in [0.25, 0.3) is 5.91 Å². The second-order valence-electron chi connectivity index (χ2n) is 6.02. The second kappa shape index (κ2) is 9.58. The van der Waals surface area contributed by atoms with Crippen molar-refractivity contribution in [2.45, 2.75) is 6.92 Å². The third-order valence-corrected chi connectivity index (χ3v) is 4.73. The number of rotatable bonds is 6. The molecule has 148 valence electrons. The van der Waals surface area contributed by atoms with Gasteiger partial charge in [-0.05, 0) is 49.4 Å². The van der Waals surface area contributed by atoms with Crippen LogP contribution in [0.5, 0.6) is 11.5 Å². The third-order valence-electron chi connectivity index (χ3n) is 3.94. The lowest BCUT2D eigenvalue weighted by molar-refractivity contribution is 0.102. The van der Waals surface area contributed by atoms with Crippen LogP contribution >= 0.6 is 27.5 Å². The summed E-state index contributed by atoms with van der Waals surface area (Å²) in [6, 6.07) is 17.3. The van der Waals surface area contributed by atoms with Crippen LogP contribution in [0.15, 0.2) is 70.1 Å². The fourth-order valence-electron chi connectivity index (χ4n) is 2.61. The number of nitrogens with zero attached hydrogens (tertiary/aromatic N) is 1. The van der Waals surface area contributed by atoms with Crippen LogP contribution < -0.4 is 10.1 Å². The Kier molecular flexibility index (Phi) is 6.90. The number of aromatic hydroxyl groups is 1. The van der Waals surface area contributed by atoms with E-state index in [0.717, 1.165) is 4.47 Å². The van der Waals surface area contributed by atoms with Crippen LogP contribution in [-0.2, 0) is 0 Å². The van der Waals surface area contributed by atoms with E-state index in [0.29, 0.717) is 39.9 Å². The van der Waals surface area contributed by atoms with E-state index in [4.69, 9.17) is 16.3 Å². The summed E-state index contributed by atoms with van der Waals surface area (Å²) in [5.41, 5.74) is 2.09. The van der Waals surface area contributed by atoms with Gasteiger partial charge in [-0.1, -0.05) is 45.7 Å². The second-order valence-corrected chi connectivity index (χ2v) is 7.34. The van der Waals surface area contributed by atoms with Crippen LogP contribution in [0.3, 0.4) is 0 Å². The van der Waals surface area contributed by atoms with Crippen LogP contribution in [0, 0.1) is 0 Å². The molecule has 0 radical (unpaired) electrons. The molecule has 0 aliphatic heterocycles. The SMILES string of the molecule is CCOc1cc(Br)cc(C=Nc2cccc(NC(=O)c3ccccc3Cl)c2)c1O. The normalized spacial score (nSPS) is 10.9. The fourth-order valence-corrected chi connectivity index (χ4v) is 3.29. The average Bonchev–Trinajstić information content (AvgIpc) is 2.70. The number of halogens is 2. The molecule has 2 N–H and O–H groups in total. The van der Waals surface area contributed by atoms with E-state index in [1.807, 2.05) is 6.92 Å². The molecule has 0 saturated heterocycles. The summed E-state index contributed by atoms with van der Waals surface area (Å²) in [6.07, 6.45) is 1.54. The van der Waals surface area contributed by atoms with E-state index < -0.39 is 0 Å². The molecule has 3 rings (SSSR count). The highest BCUT2D eigenvalue weighted by molar-refractivity contribution is 9.10. The number of anilines is 1. The smallest absolute Gasteiger partial charge is 0.257 e. The van der Waals surface area contributed by atoms with Crippen molar-refractivity contribution in [3.05, 3.63) is 81.3 Å². The van der Waals surface area contributed by atoms with Crippen LogP contribution in [0.1, 0.15) is 22.8 Å². The molecule has 0 atom stereocenters. The number of phenolic OH excluding ortho intramolecular Hbond substituents is 1. The first kappa shape index (κ1) is 20.9. The van der Waals surface area contributed by atoms with Crippen molar-refractivity contribution in [1.82, 2.24) is 0 Å². The zero-order valence-electron chi connectivity index (χ0n) is 15.5. The number of carbonyl (C=O) groups excluding carboxylic acids is 1. The molecule has 0 unspecified atom stereocenters. The number of nitrogens with one attached hydrogen (secondary N) is 1. The van der Waals surface area contributed by atoms with E-state index in [1.165, 1.54) is 6.21 Å². The molecule has 0 aliphatic carbocycles. The lowest BCUT2D eigenvalue weighted by Crippen LogP contribution is -2.12. The largest absolute Gasteiger partial charge is 0.504 e. The molecule has 0 aliphatic rings. The van der Waals surface area contributed by atoms with Gasteiger partial charge >= 0.3 is 0 Å². The molecular formula is C22H18BrClN2O3. The van der Waals surface area contributed by atoms with E-state index in [-0.39, 0.29) is 11.7 Å². The average molecular weight is 474 g/mol. The predicted octanol–water partition coefficient (Wildman–Crippen LogP) is 6.21. The first-order chi connectivity index (χ1) is 14.0. The highest BCUT2D eigenvalue weighted by Gasteiger charge is 2.11. The molecule has 0 heterocycles. The van der Waals surface area contributed by atoms with Gasteiger partial charge in [-0.2, -0.15) is 0 Å². The molecular weight excluding hydrogens is 456 g/mol. The molecule has 7 heteroatoms. The third kappa shape index (κ3) is 5.37. The van der Waals surface area contributed by atoms with Gasteiger partial charge in [0.2, 0.25) is 0 Å². The van der Waals surface area contributed by atoms with Crippen LogP contribution in [0.2, 0.25) is 5.02 Å². The zero-order chi connectivity index (χ0) is 20.8. The number of ether oxygens (including phenoxy) is 1. The Hall–Kier alpha value is -2.83. The minimum absolute atomic E-state index is 0.0157. The Balaban J connectivity index is 1.80. The van der Waals surface area contributed by atoms with Crippen molar-refractivity contribution in [1.29, 1.82) is 0 Å². The van der Waals surface area contributed by atoms with Gasteiger partial charge in [-0.3, -0.25) is 9.79 Å². The van der Waals surface area contributed by atoms with E-state index in [1.54, 1.807) is 60.7 Å². The predicted molar refractivity (Wildman–Crippen MR) is 120 cm³/mol. The summed E-state index contributed by atoms with van der Waals surface area (Å²) in [5.74, 6) is 0.0915. The Morgan fingerprint density at radius 1 is 1.21 bits per heavy atom. The number of benzene rings is 3. The summed E-state index contributed by atoms with van der Waals surface area (Å²) in [4.78, 5) is 16.8. The Labute approximate surface area is 182 Å². The molecule has 5 nitrogen and oxygen atoms in total. The van der Waals surface area contributed by atoms with Crippen LogP contribution in [0.25, 0.3) is 0 Å². The maximum atomic E-state index is 12.4. The maximum absolute atomic E-state index is 12.4. The highest BCUT2D eigenvalue weighted by atomic mass is 79.9. The van der Waals surface area contributed by atoms with Gasteiger partial charge in [0.1, 0.15) is 0 Å². The summed E-state index contributed by atoms with van der Waals surface area (Å²) in [5, 5.41) is 13.5. The van der Waals surface area contributed by atoms with E-state index in [9.17, 15) is 9.90 Å². The first-order valence-electron chi connectivity index (χ1n) is 8.83. The van der Waals surface area contributed by atoms with Gasteiger partial charge in [0.05, 0.1) is 22.9 Å². The topological polar surface area (TPSA) is 70.9 Å². The van der Waals surface area contributed by atoms with Crippen molar-refractivity contribution in [2.75, 3.05) is 11.9 Å². The van der Waals surface area contributed by atoms with Crippen LogP contribution in [0.4, 0.5) is 11.4 Å². The Bertz CT molecular complexity index is 1070. The number of hydrogen-bond acceptors (Lipinski definition) is 4. The van der Waals surface area contributed by atoms with Crippen molar-refractivity contribution in [3.63, 3.8) is 0 Å².